The van der Waals surface area contributed by atoms with Gasteiger partial charge in [-0.1, -0.05) is 12.1 Å². The van der Waals surface area contributed by atoms with Crippen LogP contribution in [0.2, 0.25) is 0 Å². The fraction of sp³-hybridized carbons (Fsp3) is 0.438. The Kier molecular flexibility index (Phi) is 5.15. The van der Waals surface area contributed by atoms with Gasteiger partial charge in [0.1, 0.15) is 5.75 Å². The van der Waals surface area contributed by atoms with Crippen molar-refractivity contribution < 1.29 is 4.74 Å². The highest BCUT2D eigenvalue weighted by Gasteiger charge is 2.12. The van der Waals surface area contributed by atoms with Crippen molar-refractivity contribution in [2.75, 3.05) is 13.7 Å². The van der Waals surface area contributed by atoms with Gasteiger partial charge in [-0.2, -0.15) is 0 Å². The van der Waals surface area contributed by atoms with Gasteiger partial charge in [-0.15, -0.1) is 11.3 Å². The number of hydrogen-bond acceptors (Lipinski definition) is 4. The van der Waals surface area contributed by atoms with Crippen LogP contribution in [0.25, 0.3) is 0 Å². The molecule has 4 heteroatoms. The third kappa shape index (κ3) is 3.81. The number of hydrogen-bond donors (Lipinski definition) is 1. The maximum absolute atomic E-state index is 5.92. The first-order valence-electron chi connectivity index (χ1n) is 6.88. The molecule has 1 aromatic heterocycles. The second-order valence-electron chi connectivity index (χ2n) is 5.11. The van der Waals surface area contributed by atoms with Gasteiger partial charge >= 0.3 is 0 Å². The summed E-state index contributed by atoms with van der Waals surface area (Å²) < 4.78 is 5.18. The summed E-state index contributed by atoms with van der Waals surface area (Å²) in [5, 5.41) is 1.20. The second-order valence-corrected chi connectivity index (χ2v) is 6.39. The predicted molar refractivity (Wildman–Crippen MR) is 84.5 cm³/mol. The van der Waals surface area contributed by atoms with Crippen LogP contribution in [0.4, 0.5) is 0 Å². The number of ether oxygens (including phenoxy) is 1. The lowest BCUT2D eigenvalue weighted by atomic mass is 9.96. The van der Waals surface area contributed by atoms with Gasteiger partial charge in [0, 0.05) is 11.3 Å². The maximum Gasteiger partial charge on any atom is 0.118 e. The monoisotopic (exact) mass is 290 g/mol. The van der Waals surface area contributed by atoms with Crippen LogP contribution < -0.4 is 10.5 Å². The molecule has 3 nitrogen and oxygen atoms in total. The van der Waals surface area contributed by atoms with Crippen molar-refractivity contribution in [2.45, 2.75) is 26.7 Å². The van der Waals surface area contributed by atoms with Crippen LogP contribution in [0.1, 0.15) is 21.1 Å². The van der Waals surface area contributed by atoms with Crippen LogP contribution in [0.15, 0.2) is 24.3 Å². The van der Waals surface area contributed by atoms with Crippen molar-refractivity contribution in [3.05, 3.63) is 45.4 Å². The van der Waals surface area contributed by atoms with E-state index >= 15 is 0 Å². The molecular formula is C16H22N2OS. The minimum Gasteiger partial charge on any atom is -0.497 e. The van der Waals surface area contributed by atoms with Crippen molar-refractivity contribution in [3.8, 4) is 5.75 Å². The molecule has 0 bridgehead atoms. The van der Waals surface area contributed by atoms with Crippen molar-refractivity contribution in [3.63, 3.8) is 0 Å². The Balaban J connectivity index is 2.00. The van der Waals surface area contributed by atoms with Gasteiger partial charge in [0.2, 0.25) is 0 Å². The minimum atomic E-state index is 0.438. The van der Waals surface area contributed by atoms with E-state index in [0.717, 1.165) is 24.3 Å². The largest absolute Gasteiger partial charge is 0.497 e. The molecule has 0 saturated carbocycles. The van der Waals surface area contributed by atoms with Crippen LogP contribution in [-0.4, -0.2) is 18.6 Å². The van der Waals surface area contributed by atoms with Gasteiger partial charge in [0.15, 0.2) is 0 Å². The highest BCUT2D eigenvalue weighted by Crippen LogP contribution is 2.22. The van der Waals surface area contributed by atoms with E-state index in [1.54, 1.807) is 18.4 Å². The van der Waals surface area contributed by atoms with Crippen LogP contribution in [0, 0.1) is 19.8 Å². The van der Waals surface area contributed by atoms with Gasteiger partial charge in [-0.25, -0.2) is 4.98 Å². The molecule has 2 rings (SSSR count). The van der Waals surface area contributed by atoms with Crippen molar-refractivity contribution >= 4 is 11.3 Å². The first kappa shape index (κ1) is 15.0. The summed E-state index contributed by atoms with van der Waals surface area (Å²) in [5.41, 5.74) is 8.36. The molecule has 0 aliphatic carbocycles. The van der Waals surface area contributed by atoms with Crippen molar-refractivity contribution in [1.82, 2.24) is 4.98 Å². The SMILES string of the molecule is COc1ccc(CC(CN)Cc2nc(C)c(C)s2)cc1. The fourth-order valence-corrected chi connectivity index (χ4v) is 3.26. The van der Waals surface area contributed by atoms with Gasteiger partial charge in [0.25, 0.3) is 0 Å². The summed E-state index contributed by atoms with van der Waals surface area (Å²) in [7, 11) is 1.69. The number of nitrogens with two attached hydrogens (primary N) is 1. The molecule has 0 aliphatic rings. The number of aryl methyl sites for hydroxylation is 2. The second kappa shape index (κ2) is 6.86. The Hall–Kier alpha value is -1.39. The number of nitrogens with zero attached hydrogens (tertiary/aromatic N) is 1. The molecule has 1 unspecified atom stereocenters. The van der Waals surface area contributed by atoms with E-state index in [1.165, 1.54) is 15.4 Å². The number of benzene rings is 1. The number of rotatable bonds is 6. The molecule has 0 amide bonds. The van der Waals surface area contributed by atoms with Gasteiger partial charge < -0.3 is 10.5 Å². The number of aromatic nitrogens is 1. The van der Waals surface area contributed by atoms with Crippen molar-refractivity contribution in [1.29, 1.82) is 0 Å². The fourth-order valence-electron chi connectivity index (χ4n) is 2.21. The molecule has 108 valence electrons. The zero-order chi connectivity index (χ0) is 14.5. The highest BCUT2D eigenvalue weighted by molar-refractivity contribution is 7.11. The van der Waals surface area contributed by atoms with Gasteiger partial charge in [0.05, 0.1) is 17.8 Å². The van der Waals surface area contributed by atoms with Crippen molar-refractivity contribution in [2.24, 2.45) is 11.7 Å². The molecule has 0 radical (unpaired) electrons. The molecule has 2 aromatic rings. The van der Waals surface area contributed by atoms with E-state index in [9.17, 15) is 0 Å². The Morgan fingerprint density at radius 3 is 2.40 bits per heavy atom. The molecule has 0 spiro atoms. The smallest absolute Gasteiger partial charge is 0.118 e. The van der Waals surface area contributed by atoms with Gasteiger partial charge in [-0.05, 0) is 50.4 Å². The lowest BCUT2D eigenvalue weighted by Crippen LogP contribution is -2.19. The Bertz CT molecular complexity index is 529. The molecule has 20 heavy (non-hydrogen) atoms. The highest BCUT2D eigenvalue weighted by atomic mass is 32.1. The first-order chi connectivity index (χ1) is 9.62. The molecule has 2 N–H and O–H groups in total. The van der Waals surface area contributed by atoms with E-state index < -0.39 is 0 Å². The Morgan fingerprint density at radius 1 is 1.20 bits per heavy atom. The zero-order valence-corrected chi connectivity index (χ0v) is 13.2. The molecule has 1 atom stereocenters. The topological polar surface area (TPSA) is 48.1 Å². The molecule has 0 fully saturated rings. The zero-order valence-electron chi connectivity index (χ0n) is 12.3. The standard InChI is InChI=1S/C16H22N2OS/c1-11-12(2)20-16(18-11)9-14(10-17)8-13-4-6-15(19-3)7-5-13/h4-7,14H,8-10,17H2,1-3H3. The van der Waals surface area contributed by atoms with E-state index in [2.05, 4.69) is 31.0 Å². The van der Waals surface area contributed by atoms with E-state index in [4.69, 9.17) is 10.5 Å². The summed E-state index contributed by atoms with van der Waals surface area (Å²) in [6.45, 7) is 4.87. The normalized spacial score (nSPS) is 12.4. The average molecular weight is 290 g/mol. The number of methoxy groups -OCH3 is 1. The van der Waals surface area contributed by atoms with E-state index in [1.807, 2.05) is 12.1 Å². The van der Waals surface area contributed by atoms with Crippen LogP contribution in [0.5, 0.6) is 5.75 Å². The third-order valence-corrected chi connectivity index (χ3v) is 4.65. The maximum atomic E-state index is 5.92. The molecule has 1 heterocycles. The molecular weight excluding hydrogens is 268 g/mol. The number of thiazole rings is 1. The first-order valence-corrected chi connectivity index (χ1v) is 7.70. The summed E-state index contributed by atoms with van der Waals surface area (Å²) in [6.07, 6.45) is 1.94. The average Bonchev–Trinajstić information content (AvgIpc) is 2.77. The van der Waals surface area contributed by atoms with Crippen LogP contribution in [0.3, 0.4) is 0 Å². The van der Waals surface area contributed by atoms with Crippen LogP contribution in [-0.2, 0) is 12.8 Å². The molecule has 0 saturated heterocycles. The van der Waals surface area contributed by atoms with E-state index in [0.29, 0.717) is 12.5 Å². The van der Waals surface area contributed by atoms with Crippen LogP contribution >= 0.6 is 11.3 Å². The Labute approximate surface area is 124 Å². The summed E-state index contributed by atoms with van der Waals surface area (Å²) in [5.74, 6) is 1.33. The molecule has 0 aliphatic heterocycles. The quantitative estimate of drug-likeness (QED) is 0.889. The third-order valence-electron chi connectivity index (χ3n) is 3.55. The van der Waals surface area contributed by atoms with E-state index in [-0.39, 0.29) is 0 Å². The minimum absolute atomic E-state index is 0.438. The summed E-state index contributed by atoms with van der Waals surface area (Å²) >= 11 is 1.79. The predicted octanol–water partition coefficient (Wildman–Crippen LogP) is 3.13. The summed E-state index contributed by atoms with van der Waals surface area (Å²) in [4.78, 5) is 5.92. The Morgan fingerprint density at radius 2 is 1.90 bits per heavy atom. The lowest BCUT2D eigenvalue weighted by Gasteiger charge is -2.13. The lowest BCUT2D eigenvalue weighted by molar-refractivity contribution is 0.414. The summed E-state index contributed by atoms with van der Waals surface area (Å²) in [6, 6.07) is 8.22. The van der Waals surface area contributed by atoms with Gasteiger partial charge in [-0.3, -0.25) is 0 Å². The molecule has 1 aromatic carbocycles.